The second kappa shape index (κ2) is 27.0. The van der Waals surface area contributed by atoms with Crippen molar-refractivity contribution in [3.8, 4) is 0 Å². The first-order valence-corrected chi connectivity index (χ1v) is 32.9. The third-order valence-corrected chi connectivity index (χ3v) is 24.4. The van der Waals surface area contributed by atoms with Gasteiger partial charge >= 0.3 is 11.9 Å². The molecule has 11 aliphatic rings. The van der Waals surface area contributed by atoms with E-state index < -0.39 is 237 Å². The van der Waals surface area contributed by atoms with E-state index in [0.717, 1.165) is 11.9 Å². The number of aliphatic hydroxyl groups excluding tert-OH is 15. The Kier molecular flexibility index (Phi) is 20.8. The summed E-state index contributed by atoms with van der Waals surface area (Å²) in [5, 5.41) is 172. The van der Waals surface area contributed by atoms with Crippen molar-refractivity contribution in [2.24, 2.45) is 50.2 Å². The van der Waals surface area contributed by atoms with Gasteiger partial charge < -0.3 is 143 Å². The van der Waals surface area contributed by atoms with Gasteiger partial charge in [0.15, 0.2) is 43.7 Å². The first kappa shape index (κ1) is 72.6. The van der Waals surface area contributed by atoms with Crippen molar-refractivity contribution in [3.05, 3.63) is 11.6 Å². The minimum atomic E-state index is -2.09. The van der Waals surface area contributed by atoms with Crippen LogP contribution in [0.5, 0.6) is 0 Å². The highest BCUT2D eigenvalue weighted by Gasteiger charge is 2.71. The largest absolute Gasteiger partial charge is 0.479 e. The summed E-state index contributed by atoms with van der Waals surface area (Å²) in [5.41, 5.74) is -2.98. The van der Waals surface area contributed by atoms with Gasteiger partial charge in [-0.15, -0.1) is 0 Å². The molecule has 16 N–H and O–H groups in total. The van der Waals surface area contributed by atoms with Crippen molar-refractivity contribution in [2.75, 3.05) is 26.4 Å². The molecule has 0 radical (unpaired) electrons. The van der Waals surface area contributed by atoms with Crippen LogP contribution in [-0.2, 0) is 71.2 Å². The predicted molar refractivity (Wildman–Crippen MR) is 310 cm³/mol. The SMILES string of the molecule is C[C@@H]1O[C@@H](O[C@H]2[C@H](OC(=O)[C@]34CCC(C)(C)C[C@H]3C3=CC[C@H]5[C@@]6(C)CC[C@H](O[C@@H]7O[C@H](C(=O)O)[C@@H](O)[C@H](O)[C@H]7O[C@@H]7O[C@H](CO)[C@H](O)[C@H](O)[C@H]7O)[C@@](C)(C=O)[C@@H]6CC[C@@]5(C)[C@]3(C)CC4)OC[C@@H](O)[C@@H]2O)[C@H](O)[C@H](O)[C@H]1O[C@@H]1OC[C@@H](O)[C@H](O[C@@H]2OC[C@@H](O)[C@H](O)[C@H]2O)[C@H]1O. The maximum absolute atomic E-state index is 15.5. The van der Waals surface area contributed by atoms with Gasteiger partial charge in [-0.05, 0) is 111 Å². The molecule has 0 aromatic carbocycles. The minimum Gasteiger partial charge on any atom is -0.479 e. The summed E-state index contributed by atoms with van der Waals surface area (Å²) < 4.78 is 70.8. The van der Waals surface area contributed by atoms with Crippen LogP contribution in [0.1, 0.15) is 113 Å². The Labute approximate surface area is 542 Å². The third-order valence-electron chi connectivity index (χ3n) is 24.4. The summed E-state index contributed by atoms with van der Waals surface area (Å²) in [6.07, 6.45) is -39.4. The van der Waals surface area contributed by atoms with Crippen molar-refractivity contribution in [1.82, 2.24) is 0 Å². The van der Waals surface area contributed by atoms with Crippen molar-refractivity contribution >= 4 is 18.2 Å². The number of hydrogen-bond donors (Lipinski definition) is 16. The highest BCUT2D eigenvalue weighted by Crippen LogP contribution is 2.76. The number of rotatable bonds is 15. The Morgan fingerprint density at radius 2 is 1.11 bits per heavy atom. The van der Waals surface area contributed by atoms with E-state index in [0.29, 0.717) is 57.8 Å². The molecule has 6 heterocycles. The summed E-state index contributed by atoms with van der Waals surface area (Å²) >= 11 is 0. The zero-order chi connectivity index (χ0) is 68.4. The Balaban J connectivity index is 0.791. The van der Waals surface area contributed by atoms with Gasteiger partial charge in [0.1, 0.15) is 116 Å². The molecule has 31 heteroatoms. The fraction of sp³-hybridized carbons (Fsp3) is 0.921. The van der Waals surface area contributed by atoms with Crippen molar-refractivity contribution in [3.63, 3.8) is 0 Å². The van der Waals surface area contributed by atoms with Gasteiger partial charge in [-0.1, -0.05) is 53.2 Å². The molecule has 0 amide bonds. The summed E-state index contributed by atoms with van der Waals surface area (Å²) in [6.45, 7) is 12.1. The molecule has 0 bridgehead atoms. The first-order valence-electron chi connectivity index (χ1n) is 32.9. The van der Waals surface area contributed by atoms with Crippen LogP contribution in [0.15, 0.2) is 11.6 Å². The Morgan fingerprint density at radius 3 is 1.77 bits per heavy atom. The van der Waals surface area contributed by atoms with Crippen molar-refractivity contribution in [1.29, 1.82) is 0 Å². The number of carbonyl (C=O) groups excluding carboxylic acids is 2. The maximum Gasteiger partial charge on any atom is 0.335 e. The van der Waals surface area contributed by atoms with Crippen molar-refractivity contribution < 1.29 is 153 Å². The van der Waals surface area contributed by atoms with Crippen LogP contribution in [-0.4, -0.2) is 298 Å². The summed E-state index contributed by atoms with van der Waals surface area (Å²) in [5.74, 6) is -3.00. The molecule has 10 fully saturated rings. The van der Waals surface area contributed by atoms with Gasteiger partial charge in [0.05, 0.1) is 49.5 Å². The zero-order valence-corrected chi connectivity index (χ0v) is 53.7. The molecule has 31 nitrogen and oxygen atoms in total. The van der Waals surface area contributed by atoms with Gasteiger partial charge in [-0.3, -0.25) is 4.79 Å². The molecule has 11 rings (SSSR count). The molecule has 94 heavy (non-hydrogen) atoms. The van der Waals surface area contributed by atoms with E-state index in [2.05, 4.69) is 40.7 Å². The topological polar surface area (TPSA) is 486 Å². The lowest BCUT2D eigenvalue weighted by molar-refractivity contribution is -0.375. The molecule has 0 aromatic rings. The van der Waals surface area contributed by atoms with Crippen molar-refractivity contribution in [2.45, 2.75) is 285 Å². The molecule has 536 valence electrons. The van der Waals surface area contributed by atoms with E-state index >= 15 is 4.79 Å². The Morgan fingerprint density at radius 1 is 0.543 bits per heavy atom. The average molecular weight is 1350 g/mol. The fourth-order valence-electron chi connectivity index (χ4n) is 18.5. The number of ether oxygens (including phenoxy) is 12. The molecule has 0 unspecified atom stereocenters. The van der Waals surface area contributed by atoms with Crippen LogP contribution in [0, 0.1) is 50.2 Å². The Bertz CT molecular complexity index is 2730. The van der Waals surface area contributed by atoms with E-state index in [-0.39, 0.29) is 29.6 Å². The Hall–Kier alpha value is -2.69. The number of carboxylic acids is 1. The van der Waals surface area contributed by atoms with E-state index in [1.807, 2.05) is 0 Å². The summed E-state index contributed by atoms with van der Waals surface area (Å²) in [7, 11) is 0. The van der Waals surface area contributed by atoms with E-state index in [1.54, 1.807) is 6.92 Å². The summed E-state index contributed by atoms with van der Waals surface area (Å²) in [6, 6.07) is 0. The number of aliphatic hydroxyl groups is 15. The van der Waals surface area contributed by atoms with Crippen LogP contribution >= 0.6 is 0 Å². The second-order valence-electron chi connectivity index (χ2n) is 30.2. The number of esters is 1. The van der Waals surface area contributed by atoms with Crippen LogP contribution in [0.4, 0.5) is 0 Å². The highest BCUT2D eigenvalue weighted by atomic mass is 16.8. The van der Waals surface area contributed by atoms with Crippen LogP contribution < -0.4 is 0 Å². The predicted octanol–water partition coefficient (Wildman–Crippen LogP) is -4.17. The lowest BCUT2D eigenvalue weighted by Gasteiger charge is -2.71. The van der Waals surface area contributed by atoms with Crippen LogP contribution in [0.25, 0.3) is 0 Å². The quantitative estimate of drug-likeness (QED) is 0.0320. The first-order chi connectivity index (χ1) is 44.1. The summed E-state index contributed by atoms with van der Waals surface area (Å²) in [4.78, 5) is 41.8. The number of aliphatic carboxylic acids is 1. The van der Waals surface area contributed by atoms with E-state index in [1.165, 1.54) is 6.92 Å². The van der Waals surface area contributed by atoms with Gasteiger partial charge in [-0.25, -0.2) is 4.79 Å². The van der Waals surface area contributed by atoms with E-state index in [4.69, 9.17) is 56.8 Å². The average Bonchev–Trinajstić information content (AvgIpc) is 0.674. The van der Waals surface area contributed by atoms with Gasteiger partial charge in [0.2, 0.25) is 6.29 Å². The second-order valence-corrected chi connectivity index (χ2v) is 30.2. The standard InChI is InChI=1S/C63H98O31/c1-24-45(89-52-44(79)46(29(68)22-84-52)90-51-41(76)34(69)27(66)20-83-51)40(75)43(78)53(86-24)92-48-35(70)28(67)21-85-55(48)94-57(82)63-16-14-58(2,3)18-26(63)25-8-9-32-59(4)12-11-33(60(5,23-65)31(59)10-13-62(32,7)61(25,6)15-17-63)88-56-49(39(74)38(73)47(91-56)50(80)81)93-54-42(77)37(72)36(71)30(19-64)87-54/h8,23-24,26-49,51-56,64,66-79H,9-22H2,1-7H3,(H,80,81)/t24-,26-,27+,28+,29+,30+,31+,32-,33-,34-,35-,36-,37-,38-,39-,40-,41+,42+,43+,44+,45-,46-,47-,48+,49+,51-,52-,53-,54-,55-,56+,59-,60-,61+,62+,63-/m0/s1. The van der Waals surface area contributed by atoms with Crippen LogP contribution in [0.2, 0.25) is 0 Å². The number of carboxylic acid groups (broad SMARTS) is 1. The minimum absolute atomic E-state index is 0.0356. The smallest absolute Gasteiger partial charge is 0.335 e. The highest BCUT2D eigenvalue weighted by molar-refractivity contribution is 5.79. The molecule has 4 saturated carbocycles. The lowest BCUT2D eigenvalue weighted by atomic mass is 9.33. The molecular formula is C63H98O31. The van der Waals surface area contributed by atoms with E-state index in [9.17, 15) is 91.3 Å². The normalized spacial score (nSPS) is 54.4. The van der Waals surface area contributed by atoms with Gasteiger partial charge in [0.25, 0.3) is 0 Å². The zero-order valence-electron chi connectivity index (χ0n) is 53.7. The lowest BCUT2D eigenvalue weighted by Crippen LogP contribution is -2.68. The number of allylic oxidation sites excluding steroid dienone is 2. The van der Waals surface area contributed by atoms with Gasteiger partial charge in [-0.2, -0.15) is 0 Å². The number of carbonyl (C=O) groups is 3. The van der Waals surface area contributed by atoms with Gasteiger partial charge in [0, 0.05) is 0 Å². The molecule has 6 aliphatic heterocycles. The third kappa shape index (κ3) is 12.3. The fourth-order valence-corrected chi connectivity index (χ4v) is 18.5. The van der Waals surface area contributed by atoms with Crippen LogP contribution in [0.3, 0.4) is 0 Å². The monoisotopic (exact) mass is 1350 g/mol. The number of aldehydes is 1. The molecule has 0 spiro atoms. The number of fused-ring (bicyclic) bond motifs is 7. The number of hydrogen-bond acceptors (Lipinski definition) is 30. The molecule has 5 aliphatic carbocycles. The molecule has 36 atom stereocenters. The molecular weight excluding hydrogens is 1250 g/mol. The molecule has 6 saturated heterocycles. The molecule has 0 aromatic heterocycles. The maximum atomic E-state index is 15.5.